The van der Waals surface area contributed by atoms with Gasteiger partial charge in [-0.1, -0.05) is 0 Å². The van der Waals surface area contributed by atoms with Crippen molar-refractivity contribution in [2.24, 2.45) is 4.99 Å². The predicted molar refractivity (Wildman–Crippen MR) is 39.1 cm³/mol. The number of rotatable bonds is 0. The number of carbonyl (C=O) groups excluding carboxylic acids is 1. The van der Waals surface area contributed by atoms with Crippen molar-refractivity contribution in [3.05, 3.63) is 12.3 Å². The molecule has 1 aliphatic rings. The molecule has 0 unspecified atom stereocenters. The fourth-order valence-electron chi connectivity index (χ4n) is 0.604. The molecule has 2 nitrogen and oxygen atoms in total. The Balaban J connectivity index is 0.000000640. The Morgan fingerprint density at radius 1 is 1.67 bits per heavy atom. The van der Waals surface area contributed by atoms with Crippen molar-refractivity contribution in [1.29, 1.82) is 0 Å². The summed E-state index contributed by atoms with van der Waals surface area (Å²) >= 11 is 0. The number of carbonyl (C=O) groups is 1. The van der Waals surface area contributed by atoms with Gasteiger partial charge in [0, 0.05) is 18.3 Å². The minimum absolute atomic E-state index is 0. The van der Waals surface area contributed by atoms with Crippen LogP contribution in [0, 0.1) is 0 Å². The van der Waals surface area contributed by atoms with Gasteiger partial charge in [-0.05, 0) is 13.0 Å². The topological polar surface area (TPSA) is 29.4 Å². The molecular weight excluding hydrogens is 138 g/mol. The van der Waals surface area contributed by atoms with E-state index in [1.807, 2.05) is 6.92 Å². The molecule has 0 aromatic carbocycles. The standard InChI is InChI=1S/C6H7NO.ClH/c1-5-4-6(8)2-3-7-5;/h2-3H,4H2,1H3;1H. The van der Waals surface area contributed by atoms with E-state index in [4.69, 9.17) is 0 Å². The second-order valence-electron chi connectivity index (χ2n) is 1.82. The Morgan fingerprint density at radius 2 is 2.33 bits per heavy atom. The number of nitrogens with zero attached hydrogens (tertiary/aromatic N) is 1. The van der Waals surface area contributed by atoms with Crippen LogP contribution in [0.3, 0.4) is 0 Å². The van der Waals surface area contributed by atoms with E-state index in [1.54, 1.807) is 6.20 Å². The molecule has 3 heteroatoms. The molecule has 0 N–H and O–H groups in total. The number of hydrogen-bond acceptors (Lipinski definition) is 2. The third-order valence-corrected chi connectivity index (χ3v) is 0.985. The minimum Gasteiger partial charge on any atom is -0.294 e. The Hall–Kier alpha value is -0.630. The van der Waals surface area contributed by atoms with Crippen LogP contribution in [0.15, 0.2) is 17.3 Å². The summed E-state index contributed by atoms with van der Waals surface area (Å²) in [4.78, 5) is 14.4. The maximum Gasteiger partial charge on any atom is 0.162 e. The molecule has 1 aliphatic heterocycles. The highest BCUT2D eigenvalue weighted by Gasteiger charge is 2.01. The predicted octanol–water partition coefficient (Wildman–Crippen LogP) is 1.36. The lowest BCUT2D eigenvalue weighted by molar-refractivity contribution is -0.113. The van der Waals surface area contributed by atoms with Gasteiger partial charge in [0.2, 0.25) is 0 Å². The van der Waals surface area contributed by atoms with E-state index < -0.39 is 0 Å². The summed E-state index contributed by atoms with van der Waals surface area (Å²) in [5, 5.41) is 0. The van der Waals surface area contributed by atoms with Gasteiger partial charge in [0.25, 0.3) is 0 Å². The van der Waals surface area contributed by atoms with E-state index in [9.17, 15) is 4.79 Å². The number of allylic oxidation sites excluding steroid dienone is 1. The van der Waals surface area contributed by atoms with E-state index in [0.29, 0.717) is 6.42 Å². The zero-order valence-corrected chi connectivity index (χ0v) is 5.94. The zero-order chi connectivity index (χ0) is 5.98. The quantitative estimate of drug-likeness (QED) is 0.506. The molecule has 50 valence electrons. The van der Waals surface area contributed by atoms with Gasteiger partial charge in [-0.2, -0.15) is 0 Å². The van der Waals surface area contributed by atoms with Gasteiger partial charge in [0.1, 0.15) is 0 Å². The van der Waals surface area contributed by atoms with Crippen molar-refractivity contribution >= 4 is 23.9 Å². The van der Waals surface area contributed by atoms with Crippen LogP contribution in [0.4, 0.5) is 0 Å². The van der Waals surface area contributed by atoms with Crippen LogP contribution in [-0.2, 0) is 4.79 Å². The number of halogens is 1. The first-order valence-corrected chi connectivity index (χ1v) is 2.52. The average molecular weight is 146 g/mol. The van der Waals surface area contributed by atoms with Crippen LogP contribution in [0.5, 0.6) is 0 Å². The van der Waals surface area contributed by atoms with Gasteiger partial charge >= 0.3 is 0 Å². The normalized spacial score (nSPS) is 16.6. The highest BCUT2D eigenvalue weighted by molar-refractivity contribution is 6.07. The van der Waals surface area contributed by atoms with Gasteiger partial charge < -0.3 is 0 Å². The van der Waals surface area contributed by atoms with Crippen LogP contribution in [0.25, 0.3) is 0 Å². The van der Waals surface area contributed by atoms with Crippen LogP contribution < -0.4 is 0 Å². The fraction of sp³-hybridized carbons (Fsp3) is 0.333. The molecule has 0 saturated carbocycles. The Morgan fingerprint density at radius 3 is 2.67 bits per heavy atom. The molecule has 0 aliphatic carbocycles. The van der Waals surface area contributed by atoms with Crippen molar-refractivity contribution < 1.29 is 4.79 Å². The van der Waals surface area contributed by atoms with Crippen molar-refractivity contribution in [2.45, 2.75) is 13.3 Å². The molecule has 0 amide bonds. The molecule has 0 bridgehead atoms. The highest BCUT2D eigenvalue weighted by atomic mass is 35.5. The molecular formula is C6H8ClNO. The monoisotopic (exact) mass is 145 g/mol. The lowest BCUT2D eigenvalue weighted by Crippen LogP contribution is -2.03. The molecule has 0 fully saturated rings. The summed E-state index contributed by atoms with van der Waals surface area (Å²) in [5.41, 5.74) is 0.900. The summed E-state index contributed by atoms with van der Waals surface area (Å²) in [6.07, 6.45) is 3.53. The van der Waals surface area contributed by atoms with E-state index in [0.717, 1.165) is 5.71 Å². The van der Waals surface area contributed by atoms with E-state index in [2.05, 4.69) is 4.99 Å². The third-order valence-electron chi connectivity index (χ3n) is 0.985. The van der Waals surface area contributed by atoms with E-state index >= 15 is 0 Å². The molecule has 1 rings (SSSR count). The summed E-state index contributed by atoms with van der Waals surface area (Å²) in [5.74, 6) is 0.150. The van der Waals surface area contributed by atoms with Crippen LogP contribution >= 0.6 is 12.4 Å². The molecule has 1 heterocycles. The number of hydrogen-bond donors (Lipinski definition) is 0. The second kappa shape index (κ2) is 3.41. The summed E-state index contributed by atoms with van der Waals surface area (Å²) in [6.45, 7) is 1.85. The molecule has 0 spiro atoms. The van der Waals surface area contributed by atoms with E-state index in [-0.39, 0.29) is 18.2 Å². The number of ketones is 1. The summed E-state index contributed by atoms with van der Waals surface area (Å²) in [7, 11) is 0. The number of aliphatic imine (C=N–C) groups is 1. The van der Waals surface area contributed by atoms with Crippen molar-refractivity contribution in [2.75, 3.05) is 0 Å². The lowest BCUT2D eigenvalue weighted by atomic mass is 10.2. The maximum absolute atomic E-state index is 10.5. The second-order valence-corrected chi connectivity index (χ2v) is 1.82. The van der Waals surface area contributed by atoms with Crippen LogP contribution in [-0.4, -0.2) is 11.5 Å². The summed E-state index contributed by atoms with van der Waals surface area (Å²) in [6, 6.07) is 0. The van der Waals surface area contributed by atoms with E-state index in [1.165, 1.54) is 6.08 Å². The first-order chi connectivity index (χ1) is 3.79. The Bertz CT molecular complexity index is 172. The van der Waals surface area contributed by atoms with Gasteiger partial charge in [-0.3, -0.25) is 9.79 Å². The zero-order valence-electron chi connectivity index (χ0n) is 5.13. The van der Waals surface area contributed by atoms with Gasteiger partial charge in [0.05, 0.1) is 0 Å². The first kappa shape index (κ1) is 8.37. The molecule has 0 aromatic rings. The first-order valence-electron chi connectivity index (χ1n) is 2.52. The van der Waals surface area contributed by atoms with Crippen LogP contribution in [0.2, 0.25) is 0 Å². The highest BCUT2D eigenvalue weighted by Crippen LogP contribution is 1.96. The summed E-state index contributed by atoms with van der Waals surface area (Å²) < 4.78 is 0. The smallest absolute Gasteiger partial charge is 0.162 e. The van der Waals surface area contributed by atoms with Gasteiger partial charge in [0.15, 0.2) is 5.78 Å². The average Bonchev–Trinajstić information content (AvgIpc) is 1.64. The van der Waals surface area contributed by atoms with Crippen molar-refractivity contribution in [1.82, 2.24) is 0 Å². The third kappa shape index (κ3) is 2.42. The fourth-order valence-corrected chi connectivity index (χ4v) is 0.604. The molecule has 0 atom stereocenters. The van der Waals surface area contributed by atoms with Crippen molar-refractivity contribution in [3.63, 3.8) is 0 Å². The minimum atomic E-state index is 0. The molecule has 9 heavy (non-hydrogen) atoms. The SMILES string of the molecule is CC1=NC=CC(=O)C1.Cl. The maximum atomic E-state index is 10.5. The Kier molecular flexibility index (Phi) is 3.17. The molecule has 0 radical (unpaired) electrons. The van der Waals surface area contributed by atoms with Gasteiger partial charge in [-0.15, -0.1) is 12.4 Å². The Labute approximate surface area is 60.1 Å². The van der Waals surface area contributed by atoms with Crippen molar-refractivity contribution in [3.8, 4) is 0 Å². The van der Waals surface area contributed by atoms with Crippen LogP contribution in [0.1, 0.15) is 13.3 Å². The molecule has 0 saturated heterocycles. The lowest BCUT2D eigenvalue weighted by Gasteiger charge is -1.97. The molecule has 0 aromatic heterocycles. The van der Waals surface area contributed by atoms with Gasteiger partial charge in [-0.25, -0.2) is 0 Å². The largest absolute Gasteiger partial charge is 0.294 e.